The maximum Gasteiger partial charge on any atom is 0.325 e. The van der Waals surface area contributed by atoms with Gasteiger partial charge in [-0.2, -0.15) is 0 Å². The van der Waals surface area contributed by atoms with E-state index >= 15 is 0 Å². The van der Waals surface area contributed by atoms with Crippen LogP contribution in [-0.2, 0) is 15.1 Å². The largest absolute Gasteiger partial charge is 0.352 e. The van der Waals surface area contributed by atoms with E-state index in [4.69, 9.17) is 0 Å². The molecule has 1 saturated heterocycles. The first kappa shape index (κ1) is 16.5. The summed E-state index contributed by atoms with van der Waals surface area (Å²) in [6.07, 6.45) is 0. The van der Waals surface area contributed by atoms with Gasteiger partial charge in [-0.25, -0.2) is 4.79 Å². The molecule has 4 amide bonds. The summed E-state index contributed by atoms with van der Waals surface area (Å²) in [4.78, 5) is 37.5. The molecule has 0 radical (unpaired) electrons. The van der Waals surface area contributed by atoms with Gasteiger partial charge in [0.05, 0.1) is 0 Å². The first-order valence-electron chi connectivity index (χ1n) is 6.94. The summed E-state index contributed by atoms with van der Waals surface area (Å²) >= 11 is 3.39. The molecule has 0 bridgehead atoms. The minimum absolute atomic E-state index is 0.0529. The van der Waals surface area contributed by atoms with Crippen LogP contribution in [0.15, 0.2) is 28.7 Å². The number of nitrogens with one attached hydrogen (secondary N) is 2. The summed E-state index contributed by atoms with van der Waals surface area (Å²) in [6, 6.07) is 6.56. The molecule has 1 aliphatic heterocycles. The molecule has 2 N–H and O–H groups in total. The average Bonchev–Trinajstić information content (AvgIpc) is 2.63. The molecule has 118 valence electrons. The Morgan fingerprint density at radius 3 is 2.59 bits per heavy atom. The fraction of sp³-hybridized carbons (Fsp3) is 0.400. The Balaban J connectivity index is 2.25. The monoisotopic (exact) mass is 367 g/mol. The number of urea groups is 1. The Bertz CT molecular complexity index is 632. The number of hydrogen-bond donors (Lipinski definition) is 2. The van der Waals surface area contributed by atoms with Gasteiger partial charge < -0.3 is 10.6 Å². The number of nitrogens with zero attached hydrogens (tertiary/aromatic N) is 1. The van der Waals surface area contributed by atoms with Crippen LogP contribution in [0.5, 0.6) is 0 Å². The minimum Gasteiger partial charge on any atom is -0.352 e. The van der Waals surface area contributed by atoms with Crippen LogP contribution in [0.1, 0.15) is 26.3 Å². The highest BCUT2D eigenvalue weighted by Crippen LogP contribution is 2.33. The van der Waals surface area contributed by atoms with E-state index in [-0.39, 0.29) is 18.5 Å². The topological polar surface area (TPSA) is 78.5 Å². The fourth-order valence-electron chi connectivity index (χ4n) is 2.40. The van der Waals surface area contributed by atoms with Crippen molar-refractivity contribution >= 4 is 33.8 Å². The molecule has 1 aromatic carbocycles. The number of benzene rings is 1. The standard InChI is InChI=1S/C15H18BrN3O3/c1-9(2)17-12(20)8-19-13(21)15(3,18-14(19)22)10-6-4-5-7-11(10)16/h4-7,9H,8H2,1-3H3,(H,17,20)(H,18,22)/t15-/m1/s1. The van der Waals surface area contributed by atoms with E-state index in [2.05, 4.69) is 26.6 Å². The molecule has 0 saturated carbocycles. The van der Waals surface area contributed by atoms with E-state index in [1.54, 1.807) is 25.1 Å². The van der Waals surface area contributed by atoms with Crippen LogP contribution in [0.3, 0.4) is 0 Å². The van der Waals surface area contributed by atoms with Crippen molar-refractivity contribution in [3.8, 4) is 0 Å². The highest BCUT2D eigenvalue weighted by molar-refractivity contribution is 9.10. The predicted octanol–water partition coefficient (Wildman–Crippen LogP) is 1.74. The van der Waals surface area contributed by atoms with E-state index in [9.17, 15) is 14.4 Å². The molecular weight excluding hydrogens is 350 g/mol. The lowest BCUT2D eigenvalue weighted by atomic mass is 9.92. The van der Waals surface area contributed by atoms with Gasteiger partial charge in [0.1, 0.15) is 12.1 Å². The second-order valence-electron chi connectivity index (χ2n) is 5.65. The summed E-state index contributed by atoms with van der Waals surface area (Å²) in [6.45, 7) is 4.97. The molecular formula is C15H18BrN3O3. The van der Waals surface area contributed by atoms with Gasteiger partial charge in [-0.1, -0.05) is 34.1 Å². The summed E-state index contributed by atoms with van der Waals surface area (Å²) in [7, 11) is 0. The normalized spacial score (nSPS) is 21.2. The van der Waals surface area contributed by atoms with E-state index in [0.29, 0.717) is 5.56 Å². The lowest BCUT2D eigenvalue weighted by Gasteiger charge is -2.23. The van der Waals surface area contributed by atoms with Crippen molar-refractivity contribution in [3.63, 3.8) is 0 Å². The Morgan fingerprint density at radius 1 is 1.36 bits per heavy atom. The SMILES string of the molecule is CC(C)NC(=O)CN1C(=O)N[C@](C)(c2ccccc2Br)C1=O. The van der Waals surface area contributed by atoms with Crippen LogP contribution in [0, 0.1) is 0 Å². The zero-order chi connectivity index (χ0) is 16.5. The summed E-state index contributed by atoms with van der Waals surface area (Å²) in [5, 5.41) is 5.34. The Hall–Kier alpha value is -1.89. The molecule has 0 aromatic heterocycles. The molecule has 1 heterocycles. The number of carbonyl (C=O) groups is 3. The quantitative estimate of drug-likeness (QED) is 0.795. The van der Waals surface area contributed by atoms with Gasteiger partial charge in [-0.3, -0.25) is 14.5 Å². The van der Waals surface area contributed by atoms with E-state index in [1.165, 1.54) is 0 Å². The predicted molar refractivity (Wildman–Crippen MR) is 85.0 cm³/mol. The Morgan fingerprint density at radius 2 is 2.00 bits per heavy atom. The van der Waals surface area contributed by atoms with Crippen molar-refractivity contribution < 1.29 is 14.4 Å². The molecule has 7 heteroatoms. The van der Waals surface area contributed by atoms with Crippen LogP contribution in [0.2, 0.25) is 0 Å². The van der Waals surface area contributed by atoms with Gasteiger partial charge in [-0.05, 0) is 26.8 Å². The number of imide groups is 1. The molecule has 1 atom stereocenters. The summed E-state index contributed by atoms with van der Waals surface area (Å²) in [5.41, 5.74) is -0.532. The van der Waals surface area contributed by atoms with Crippen LogP contribution in [0.4, 0.5) is 4.79 Å². The van der Waals surface area contributed by atoms with Gasteiger partial charge in [0, 0.05) is 16.1 Å². The molecule has 0 aliphatic carbocycles. The number of hydrogen-bond acceptors (Lipinski definition) is 3. The van der Waals surface area contributed by atoms with E-state index in [0.717, 1.165) is 9.37 Å². The molecule has 2 rings (SSSR count). The van der Waals surface area contributed by atoms with Gasteiger partial charge in [0.15, 0.2) is 0 Å². The number of amides is 4. The second-order valence-corrected chi connectivity index (χ2v) is 6.50. The van der Waals surface area contributed by atoms with E-state index < -0.39 is 17.5 Å². The summed E-state index contributed by atoms with van der Waals surface area (Å²) < 4.78 is 0.722. The maximum atomic E-state index is 12.7. The Labute approximate surface area is 137 Å². The van der Waals surface area contributed by atoms with Crippen LogP contribution in [0.25, 0.3) is 0 Å². The molecule has 0 unspecified atom stereocenters. The highest BCUT2D eigenvalue weighted by Gasteiger charge is 2.50. The minimum atomic E-state index is -1.19. The number of rotatable bonds is 4. The van der Waals surface area contributed by atoms with Crippen molar-refractivity contribution in [2.75, 3.05) is 6.54 Å². The third-order valence-corrected chi connectivity index (χ3v) is 4.13. The highest BCUT2D eigenvalue weighted by atomic mass is 79.9. The maximum absolute atomic E-state index is 12.7. The third-order valence-electron chi connectivity index (χ3n) is 3.44. The van der Waals surface area contributed by atoms with E-state index in [1.807, 2.05) is 19.9 Å². The molecule has 0 spiro atoms. The summed E-state index contributed by atoms with van der Waals surface area (Å²) in [5.74, 6) is -0.807. The molecule has 6 nitrogen and oxygen atoms in total. The van der Waals surface area contributed by atoms with Gasteiger partial charge >= 0.3 is 6.03 Å². The van der Waals surface area contributed by atoms with Crippen molar-refractivity contribution in [2.24, 2.45) is 0 Å². The van der Waals surface area contributed by atoms with Crippen molar-refractivity contribution in [3.05, 3.63) is 34.3 Å². The lowest BCUT2D eigenvalue weighted by Crippen LogP contribution is -2.44. The molecule has 1 aliphatic rings. The van der Waals surface area contributed by atoms with Crippen LogP contribution < -0.4 is 10.6 Å². The van der Waals surface area contributed by atoms with Crippen LogP contribution >= 0.6 is 15.9 Å². The average molecular weight is 368 g/mol. The van der Waals surface area contributed by atoms with Crippen LogP contribution in [-0.4, -0.2) is 35.3 Å². The van der Waals surface area contributed by atoms with Gasteiger partial charge in [-0.15, -0.1) is 0 Å². The molecule has 1 aromatic rings. The van der Waals surface area contributed by atoms with Crippen molar-refractivity contribution in [2.45, 2.75) is 32.4 Å². The molecule has 1 fully saturated rings. The lowest BCUT2D eigenvalue weighted by molar-refractivity contribution is -0.135. The zero-order valence-corrected chi connectivity index (χ0v) is 14.2. The van der Waals surface area contributed by atoms with Gasteiger partial charge in [0.2, 0.25) is 5.91 Å². The Kier molecular flexibility index (Phi) is 4.55. The molecule has 22 heavy (non-hydrogen) atoms. The van der Waals surface area contributed by atoms with Crippen molar-refractivity contribution in [1.82, 2.24) is 15.5 Å². The third kappa shape index (κ3) is 2.99. The fourth-order valence-corrected chi connectivity index (χ4v) is 3.08. The zero-order valence-electron chi connectivity index (χ0n) is 12.6. The second kappa shape index (κ2) is 6.08. The smallest absolute Gasteiger partial charge is 0.325 e. The number of halogens is 1. The first-order valence-corrected chi connectivity index (χ1v) is 7.73. The number of carbonyl (C=O) groups excluding carboxylic acids is 3. The van der Waals surface area contributed by atoms with Gasteiger partial charge in [0.25, 0.3) is 5.91 Å². The first-order chi connectivity index (χ1) is 10.3. The van der Waals surface area contributed by atoms with Crippen molar-refractivity contribution in [1.29, 1.82) is 0 Å².